The molecule has 10 nitrogen and oxygen atoms in total. The Balaban J connectivity index is 1.33. The van der Waals surface area contributed by atoms with Crippen molar-refractivity contribution < 1.29 is 27.5 Å². The maximum absolute atomic E-state index is 12.6. The Kier molecular flexibility index (Phi) is 7.20. The van der Waals surface area contributed by atoms with Crippen LogP contribution in [0.15, 0.2) is 29.4 Å². The Morgan fingerprint density at radius 3 is 2.47 bits per heavy atom. The highest BCUT2D eigenvalue weighted by atomic mass is 32.2. The number of amides is 2. The summed E-state index contributed by atoms with van der Waals surface area (Å²) in [6.07, 6.45) is 2.94. The van der Waals surface area contributed by atoms with E-state index in [2.05, 4.69) is 15.3 Å². The molecule has 2 amide bonds. The molecule has 0 spiro atoms. The summed E-state index contributed by atoms with van der Waals surface area (Å²) in [7, 11) is -3.21. The van der Waals surface area contributed by atoms with Crippen molar-refractivity contribution >= 4 is 44.7 Å². The second-order valence-corrected chi connectivity index (χ2v) is 11.2. The van der Waals surface area contributed by atoms with Gasteiger partial charge in [0, 0.05) is 37.3 Å². The lowest BCUT2D eigenvalue weighted by Gasteiger charge is -2.29. The number of nitrogens with zero attached hydrogens (tertiary/aromatic N) is 3. The zero-order valence-electron chi connectivity index (χ0n) is 19.2. The molecule has 4 rings (SSSR count). The van der Waals surface area contributed by atoms with Gasteiger partial charge in [-0.1, -0.05) is 0 Å². The number of esters is 1. The lowest BCUT2D eigenvalue weighted by molar-refractivity contribution is -0.147. The van der Waals surface area contributed by atoms with Crippen molar-refractivity contribution in [2.24, 2.45) is 5.10 Å². The molecule has 184 valence electrons. The molecule has 2 saturated heterocycles. The molecule has 1 aromatic rings. The van der Waals surface area contributed by atoms with Gasteiger partial charge in [0.1, 0.15) is 5.71 Å². The highest BCUT2D eigenvalue weighted by Crippen LogP contribution is 2.23. The van der Waals surface area contributed by atoms with E-state index in [1.807, 2.05) is 24.3 Å². The molecule has 0 saturated carbocycles. The van der Waals surface area contributed by atoms with Gasteiger partial charge in [-0.15, -0.1) is 0 Å². The molecule has 1 aromatic carbocycles. The third-order valence-corrected chi connectivity index (χ3v) is 8.11. The lowest BCUT2D eigenvalue weighted by Crippen LogP contribution is -2.42. The van der Waals surface area contributed by atoms with Crippen LogP contribution in [0, 0.1) is 0 Å². The predicted molar refractivity (Wildman–Crippen MR) is 127 cm³/mol. The maximum atomic E-state index is 12.6. The van der Waals surface area contributed by atoms with Gasteiger partial charge in [0.05, 0.1) is 17.5 Å². The van der Waals surface area contributed by atoms with Crippen LogP contribution in [0.1, 0.15) is 45.4 Å². The molecule has 2 atom stereocenters. The minimum absolute atomic E-state index is 0.00698. The summed E-state index contributed by atoms with van der Waals surface area (Å²) in [4.78, 5) is 39.7. The van der Waals surface area contributed by atoms with Gasteiger partial charge in [0.2, 0.25) is 5.91 Å². The van der Waals surface area contributed by atoms with Crippen molar-refractivity contribution in [1.82, 2.24) is 5.01 Å². The van der Waals surface area contributed by atoms with E-state index in [-0.39, 0.29) is 42.4 Å². The molecule has 3 aliphatic heterocycles. The number of sulfone groups is 1. The summed E-state index contributed by atoms with van der Waals surface area (Å²) in [5.41, 5.74) is 1.72. The summed E-state index contributed by atoms with van der Waals surface area (Å²) in [6, 6.07) is 6.99. The summed E-state index contributed by atoms with van der Waals surface area (Å²) < 4.78 is 28.8. The molecule has 0 unspecified atom stereocenters. The molecule has 3 heterocycles. The number of hydrogen-bond acceptors (Lipinski definition) is 8. The number of anilines is 2. The molecule has 0 aromatic heterocycles. The van der Waals surface area contributed by atoms with Crippen LogP contribution in [0.2, 0.25) is 0 Å². The van der Waals surface area contributed by atoms with E-state index < -0.39 is 33.9 Å². The SMILES string of the molecule is C[C@H](OC(=O)C1=NN([C@H]2CCS(=O)(=O)C2)C(=O)CC1)C(=O)Nc1ccc(N2CCCCC2)cc1. The van der Waals surface area contributed by atoms with Crippen LogP contribution in [-0.2, 0) is 29.0 Å². The Hall–Kier alpha value is -2.95. The lowest BCUT2D eigenvalue weighted by atomic mass is 10.1. The topological polar surface area (TPSA) is 125 Å². The van der Waals surface area contributed by atoms with E-state index in [0.29, 0.717) is 5.69 Å². The number of hydrogen-bond donors (Lipinski definition) is 1. The van der Waals surface area contributed by atoms with Gasteiger partial charge >= 0.3 is 5.97 Å². The number of hydrazone groups is 1. The molecular formula is C23H30N4O6S. The van der Waals surface area contributed by atoms with E-state index in [9.17, 15) is 22.8 Å². The van der Waals surface area contributed by atoms with Crippen molar-refractivity contribution in [3.8, 4) is 0 Å². The summed E-state index contributed by atoms with van der Waals surface area (Å²) >= 11 is 0. The number of rotatable bonds is 6. The van der Waals surface area contributed by atoms with Gasteiger partial charge < -0.3 is 15.0 Å². The average molecular weight is 491 g/mol. The van der Waals surface area contributed by atoms with Gasteiger partial charge in [-0.2, -0.15) is 5.10 Å². The highest BCUT2D eigenvalue weighted by Gasteiger charge is 2.38. The first-order valence-electron chi connectivity index (χ1n) is 11.7. The fourth-order valence-corrected chi connectivity index (χ4v) is 6.10. The number of carbonyl (C=O) groups is 3. The predicted octanol–water partition coefficient (Wildman–Crippen LogP) is 1.71. The summed E-state index contributed by atoms with van der Waals surface area (Å²) in [5, 5.41) is 7.93. The van der Waals surface area contributed by atoms with Gasteiger partial charge in [0.15, 0.2) is 15.9 Å². The van der Waals surface area contributed by atoms with Crippen LogP contribution < -0.4 is 10.2 Å². The Bertz CT molecular complexity index is 1080. The zero-order chi connectivity index (χ0) is 24.3. The molecule has 11 heteroatoms. The Morgan fingerprint density at radius 2 is 1.82 bits per heavy atom. The smallest absolute Gasteiger partial charge is 0.355 e. The van der Waals surface area contributed by atoms with E-state index in [4.69, 9.17) is 4.74 Å². The van der Waals surface area contributed by atoms with Crippen LogP contribution in [0.25, 0.3) is 0 Å². The average Bonchev–Trinajstić information content (AvgIpc) is 3.19. The van der Waals surface area contributed by atoms with E-state index in [0.717, 1.165) is 23.8 Å². The fraction of sp³-hybridized carbons (Fsp3) is 0.565. The Morgan fingerprint density at radius 1 is 1.12 bits per heavy atom. The molecule has 0 radical (unpaired) electrons. The first-order valence-corrected chi connectivity index (χ1v) is 13.5. The van der Waals surface area contributed by atoms with Gasteiger partial charge in [-0.05, 0) is 56.9 Å². The third kappa shape index (κ3) is 5.75. The zero-order valence-corrected chi connectivity index (χ0v) is 20.1. The second kappa shape index (κ2) is 10.1. The number of piperidine rings is 1. The molecule has 34 heavy (non-hydrogen) atoms. The van der Waals surface area contributed by atoms with Gasteiger partial charge in [-0.3, -0.25) is 9.59 Å². The van der Waals surface area contributed by atoms with E-state index >= 15 is 0 Å². The van der Waals surface area contributed by atoms with Gasteiger partial charge in [-0.25, -0.2) is 18.2 Å². The molecule has 0 bridgehead atoms. The number of nitrogens with one attached hydrogen (secondary N) is 1. The minimum atomic E-state index is -3.21. The molecule has 2 fully saturated rings. The Labute approximate surface area is 199 Å². The molecule has 3 aliphatic rings. The van der Waals surface area contributed by atoms with Crippen LogP contribution in [0.4, 0.5) is 11.4 Å². The van der Waals surface area contributed by atoms with Crippen LogP contribution in [0.3, 0.4) is 0 Å². The monoisotopic (exact) mass is 490 g/mol. The maximum Gasteiger partial charge on any atom is 0.355 e. The molecular weight excluding hydrogens is 460 g/mol. The third-order valence-electron chi connectivity index (χ3n) is 6.36. The first kappa shape index (κ1) is 24.2. The highest BCUT2D eigenvalue weighted by molar-refractivity contribution is 7.91. The summed E-state index contributed by atoms with van der Waals surface area (Å²) in [6.45, 7) is 3.52. The van der Waals surface area contributed by atoms with Crippen LogP contribution >= 0.6 is 0 Å². The molecule has 0 aliphatic carbocycles. The normalized spacial score (nSPS) is 23.3. The van der Waals surface area contributed by atoms with Crippen molar-refractivity contribution in [3.63, 3.8) is 0 Å². The quantitative estimate of drug-likeness (QED) is 0.602. The standard InChI is InChI=1S/C23H30N4O6S/c1-16(22(29)24-17-5-7-18(8-6-17)26-12-3-2-4-13-26)33-23(30)20-9-10-21(28)27(25-20)19-11-14-34(31,32)15-19/h5-8,16,19H,2-4,9-15H2,1H3,(H,24,29)/t16-,19-/m0/s1. The number of carbonyl (C=O) groups excluding carboxylic acids is 3. The number of benzene rings is 1. The summed E-state index contributed by atoms with van der Waals surface area (Å²) in [5.74, 6) is -1.77. The minimum Gasteiger partial charge on any atom is -0.448 e. The van der Waals surface area contributed by atoms with E-state index in [1.165, 1.54) is 26.2 Å². The number of ether oxygens (including phenoxy) is 1. The molecule has 1 N–H and O–H groups in total. The van der Waals surface area contributed by atoms with Crippen LogP contribution in [-0.4, -0.2) is 73.7 Å². The second-order valence-electron chi connectivity index (χ2n) is 8.97. The van der Waals surface area contributed by atoms with Crippen molar-refractivity contribution in [1.29, 1.82) is 0 Å². The first-order chi connectivity index (χ1) is 16.2. The fourth-order valence-electron chi connectivity index (χ4n) is 4.41. The van der Waals surface area contributed by atoms with Crippen molar-refractivity contribution in [2.75, 3.05) is 34.8 Å². The largest absolute Gasteiger partial charge is 0.448 e. The van der Waals surface area contributed by atoms with Crippen LogP contribution in [0.5, 0.6) is 0 Å². The van der Waals surface area contributed by atoms with Crippen molar-refractivity contribution in [2.45, 2.75) is 57.6 Å². The van der Waals surface area contributed by atoms with Crippen molar-refractivity contribution in [3.05, 3.63) is 24.3 Å². The van der Waals surface area contributed by atoms with Gasteiger partial charge in [0.25, 0.3) is 5.91 Å². The van der Waals surface area contributed by atoms with E-state index in [1.54, 1.807) is 0 Å².